The average Bonchev–Trinajstić information content (AvgIpc) is 2.30. The van der Waals surface area contributed by atoms with Gasteiger partial charge in [0.1, 0.15) is 0 Å². The van der Waals surface area contributed by atoms with Crippen LogP contribution in [-0.2, 0) is 11.3 Å². The summed E-state index contributed by atoms with van der Waals surface area (Å²) in [5.74, 6) is 0. The minimum absolute atomic E-state index is 0.259. The highest BCUT2D eigenvalue weighted by Crippen LogP contribution is 2.29. The number of hydrogen-bond donors (Lipinski definition) is 1. The van der Waals surface area contributed by atoms with Gasteiger partial charge in [-0.2, -0.15) is 0 Å². The van der Waals surface area contributed by atoms with Crippen molar-refractivity contribution < 1.29 is 4.74 Å². The van der Waals surface area contributed by atoms with Crippen molar-refractivity contribution in [2.24, 2.45) is 0 Å². The molecule has 0 amide bonds. The van der Waals surface area contributed by atoms with E-state index in [2.05, 4.69) is 30.1 Å². The molecule has 0 saturated carbocycles. The van der Waals surface area contributed by atoms with E-state index in [9.17, 15) is 0 Å². The molecule has 0 aliphatic carbocycles. The Morgan fingerprint density at radius 2 is 2.00 bits per heavy atom. The lowest BCUT2D eigenvalue weighted by atomic mass is 10.1. The van der Waals surface area contributed by atoms with E-state index >= 15 is 0 Å². The fourth-order valence-corrected chi connectivity index (χ4v) is 2.81. The highest BCUT2D eigenvalue weighted by molar-refractivity contribution is 6.31. The molecule has 1 saturated heterocycles. The monoisotopic (exact) mass is 268 g/mol. The quantitative estimate of drug-likeness (QED) is 0.912. The number of ether oxygens (including phenoxy) is 1. The Labute approximate surface area is 114 Å². The van der Waals surface area contributed by atoms with E-state index < -0.39 is 0 Å². The molecule has 1 aromatic rings. The predicted octanol–water partition coefficient (Wildman–Crippen LogP) is 2.67. The predicted molar refractivity (Wildman–Crippen MR) is 76.4 cm³/mol. The first-order chi connectivity index (χ1) is 8.61. The summed E-state index contributed by atoms with van der Waals surface area (Å²) in [5, 5.41) is 4.01. The molecular formula is C14H21ClN2O. The zero-order valence-corrected chi connectivity index (χ0v) is 12.0. The van der Waals surface area contributed by atoms with Gasteiger partial charge in [0.25, 0.3) is 0 Å². The zero-order chi connectivity index (χ0) is 13.1. The number of rotatable bonds is 3. The number of benzene rings is 1. The molecule has 3 nitrogen and oxygen atoms in total. The van der Waals surface area contributed by atoms with Crippen LogP contribution in [0.5, 0.6) is 0 Å². The van der Waals surface area contributed by atoms with Crippen LogP contribution in [0.4, 0.5) is 5.69 Å². The van der Waals surface area contributed by atoms with Gasteiger partial charge in [0.15, 0.2) is 0 Å². The van der Waals surface area contributed by atoms with Crippen LogP contribution in [0.15, 0.2) is 18.2 Å². The molecule has 1 fully saturated rings. The number of hydrogen-bond acceptors (Lipinski definition) is 3. The summed E-state index contributed by atoms with van der Waals surface area (Å²) in [6.07, 6.45) is 0.519. The highest BCUT2D eigenvalue weighted by Gasteiger charge is 2.24. The molecule has 0 bridgehead atoms. The number of nitrogens with zero attached hydrogens (tertiary/aromatic N) is 1. The van der Waals surface area contributed by atoms with Gasteiger partial charge in [-0.15, -0.1) is 0 Å². The van der Waals surface area contributed by atoms with Crippen LogP contribution < -0.4 is 10.2 Å². The van der Waals surface area contributed by atoms with Gasteiger partial charge in [-0.05, 0) is 33.0 Å². The van der Waals surface area contributed by atoms with Crippen molar-refractivity contribution in [2.45, 2.75) is 32.6 Å². The maximum absolute atomic E-state index is 6.30. The van der Waals surface area contributed by atoms with Gasteiger partial charge in [0.2, 0.25) is 0 Å². The van der Waals surface area contributed by atoms with E-state index in [1.54, 1.807) is 0 Å². The molecule has 2 atom stereocenters. The topological polar surface area (TPSA) is 24.5 Å². The molecule has 1 N–H and O–H groups in total. The summed E-state index contributed by atoms with van der Waals surface area (Å²) >= 11 is 6.30. The Morgan fingerprint density at radius 3 is 2.61 bits per heavy atom. The SMILES string of the molecule is CNCc1c(Cl)cccc1N1C[C@@H](C)O[C@@H](C)C1. The smallest absolute Gasteiger partial charge is 0.0726 e. The summed E-state index contributed by atoms with van der Waals surface area (Å²) in [7, 11) is 1.94. The van der Waals surface area contributed by atoms with Crippen LogP contribution in [0, 0.1) is 0 Å². The van der Waals surface area contributed by atoms with Crippen molar-refractivity contribution in [1.29, 1.82) is 0 Å². The van der Waals surface area contributed by atoms with E-state index in [1.165, 1.54) is 11.3 Å². The molecule has 4 heteroatoms. The first kappa shape index (κ1) is 13.7. The number of morpholine rings is 1. The Morgan fingerprint density at radius 1 is 1.33 bits per heavy atom. The lowest BCUT2D eigenvalue weighted by Crippen LogP contribution is -2.46. The van der Waals surface area contributed by atoms with Crippen LogP contribution in [0.3, 0.4) is 0 Å². The second kappa shape index (κ2) is 5.91. The maximum Gasteiger partial charge on any atom is 0.0726 e. The molecular weight excluding hydrogens is 248 g/mol. The van der Waals surface area contributed by atoms with Crippen molar-refractivity contribution in [2.75, 3.05) is 25.0 Å². The molecule has 1 aliphatic rings. The minimum Gasteiger partial charge on any atom is -0.372 e. The van der Waals surface area contributed by atoms with Gasteiger partial charge in [-0.1, -0.05) is 17.7 Å². The molecule has 2 rings (SSSR count). The second-order valence-corrected chi connectivity index (χ2v) is 5.34. The molecule has 0 spiro atoms. The molecule has 1 aromatic carbocycles. The van der Waals surface area contributed by atoms with Gasteiger partial charge < -0.3 is 15.0 Å². The van der Waals surface area contributed by atoms with Gasteiger partial charge in [-0.25, -0.2) is 0 Å². The molecule has 0 aromatic heterocycles. The molecule has 0 unspecified atom stereocenters. The van der Waals surface area contributed by atoms with Crippen molar-refractivity contribution >= 4 is 17.3 Å². The third-order valence-corrected chi connectivity index (χ3v) is 3.56. The fraction of sp³-hybridized carbons (Fsp3) is 0.571. The maximum atomic E-state index is 6.30. The highest BCUT2D eigenvalue weighted by atomic mass is 35.5. The van der Waals surface area contributed by atoms with Crippen molar-refractivity contribution in [1.82, 2.24) is 5.32 Å². The second-order valence-electron chi connectivity index (χ2n) is 4.93. The third-order valence-electron chi connectivity index (χ3n) is 3.21. The lowest BCUT2D eigenvalue weighted by molar-refractivity contribution is -0.00526. The van der Waals surface area contributed by atoms with Crippen molar-refractivity contribution in [3.05, 3.63) is 28.8 Å². The molecule has 1 aliphatic heterocycles. The van der Waals surface area contributed by atoms with E-state index in [4.69, 9.17) is 16.3 Å². The summed E-state index contributed by atoms with van der Waals surface area (Å²) in [5.41, 5.74) is 2.39. The van der Waals surface area contributed by atoms with Gasteiger partial charge in [-0.3, -0.25) is 0 Å². The summed E-state index contributed by atoms with van der Waals surface area (Å²) < 4.78 is 5.78. The first-order valence-electron chi connectivity index (χ1n) is 6.44. The first-order valence-corrected chi connectivity index (χ1v) is 6.82. The molecule has 0 radical (unpaired) electrons. The Hall–Kier alpha value is -0.770. The van der Waals surface area contributed by atoms with E-state index in [0.717, 1.165) is 24.7 Å². The number of nitrogens with one attached hydrogen (secondary N) is 1. The van der Waals surface area contributed by atoms with Crippen LogP contribution in [0.1, 0.15) is 19.4 Å². The molecule has 100 valence electrons. The summed E-state index contributed by atoms with van der Waals surface area (Å²) in [4.78, 5) is 2.37. The van der Waals surface area contributed by atoms with Crippen LogP contribution in [0.2, 0.25) is 5.02 Å². The minimum atomic E-state index is 0.259. The van der Waals surface area contributed by atoms with Crippen molar-refractivity contribution in [3.63, 3.8) is 0 Å². The summed E-state index contributed by atoms with van der Waals surface area (Å²) in [6, 6.07) is 6.11. The Kier molecular flexibility index (Phi) is 4.49. The van der Waals surface area contributed by atoms with E-state index in [1.807, 2.05) is 19.2 Å². The third kappa shape index (κ3) is 2.97. The van der Waals surface area contributed by atoms with E-state index in [-0.39, 0.29) is 12.2 Å². The van der Waals surface area contributed by atoms with Crippen LogP contribution >= 0.6 is 11.6 Å². The number of halogens is 1. The largest absolute Gasteiger partial charge is 0.372 e. The summed E-state index contributed by atoms with van der Waals surface area (Å²) in [6.45, 7) is 6.85. The molecule has 1 heterocycles. The van der Waals surface area contributed by atoms with Crippen LogP contribution in [-0.4, -0.2) is 32.3 Å². The zero-order valence-electron chi connectivity index (χ0n) is 11.2. The fourth-order valence-electron chi connectivity index (χ4n) is 2.57. The van der Waals surface area contributed by atoms with E-state index in [0.29, 0.717) is 0 Å². The van der Waals surface area contributed by atoms with Gasteiger partial charge >= 0.3 is 0 Å². The Balaban J connectivity index is 2.29. The standard InChI is InChI=1S/C14H21ClN2O/c1-10-8-17(9-11(2)18-10)14-6-4-5-13(15)12(14)7-16-3/h4-6,10-11,16H,7-9H2,1-3H3/t10-,11+. The van der Waals surface area contributed by atoms with Gasteiger partial charge in [0.05, 0.1) is 12.2 Å². The normalized spacial score (nSPS) is 24.3. The van der Waals surface area contributed by atoms with Gasteiger partial charge in [0, 0.05) is 35.9 Å². The van der Waals surface area contributed by atoms with Crippen molar-refractivity contribution in [3.8, 4) is 0 Å². The average molecular weight is 269 g/mol. The van der Waals surface area contributed by atoms with Crippen LogP contribution in [0.25, 0.3) is 0 Å². The number of anilines is 1. The lowest BCUT2D eigenvalue weighted by Gasteiger charge is -2.38. The Bertz CT molecular complexity index is 401. The molecule has 18 heavy (non-hydrogen) atoms.